The first-order valence-electron chi connectivity index (χ1n) is 9.36. The van der Waals surface area contributed by atoms with Crippen molar-refractivity contribution in [3.8, 4) is 0 Å². The highest BCUT2D eigenvalue weighted by molar-refractivity contribution is 7.98. The second kappa shape index (κ2) is 9.36. The molecule has 0 aromatic heterocycles. The fourth-order valence-electron chi connectivity index (χ4n) is 2.91. The van der Waals surface area contributed by atoms with Gasteiger partial charge in [0.15, 0.2) is 0 Å². The third-order valence-corrected chi connectivity index (χ3v) is 6.78. The van der Waals surface area contributed by atoms with Gasteiger partial charge in [0.05, 0.1) is 4.90 Å². The zero-order valence-corrected chi connectivity index (χ0v) is 18.8. The topological polar surface area (TPSA) is 66.5 Å². The molecule has 0 aliphatic heterocycles. The van der Waals surface area contributed by atoms with E-state index >= 15 is 0 Å². The number of benzene rings is 3. The van der Waals surface area contributed by atoms with E-state index in [1.54, 1.807) is 72.2 Å². The number of carbonyl (C=O) groups excluding carboxylic acids is 1. The van der Waals surface area contributed by atoms with Gasteiger partial charge < -0.3 is 4.90 Å². The molecule has 0 unspecified atom stereocenters. The molecule has 0 atom stereocenters. The molecule has 5 nitrogen and oxygen atoms in total. The fraction of sp³-hybridized carbons (Fsp3) is 0.174. The summed E-state index contributed by atoms with van der Waals surface area (Å²) in [6, 6.07) is 21.2. The van der Waals surface area contributed by atoms with E-state index in [1.165, 1.54) is 5.56 Å². The summed E-state index contributed by atoms with van der Waals surface area (Å²) in [7, 11) is -1.94. The number of hydrogen-bond acceptors (Lipinski definition) is 4. The minimum atomic E-state index is -3.69. The number of sulfonamides is 1. The summed E-state index contributed by atoms with van der Waals surface area (Å²) in [4.78, 5) is 15.5. The van der Waals surface area contributed by atoms with Gasteiger partial charge in [-0.1, -0.05) is 29.8 Å². The quantitative estimate of drug-likeness (QED) is 0.537. The van der Waals surface area contributed by atoms with Crippen molar-refractivity contribution in [2.24, 2.45) is 0 Å². The van der Waals surface area contributed by atoms with Gasteiger partial charge in [-0.3, -0.25) is 9.52 Å². The lowest BCUT2D eigenvalue weighted by molar-refractivity contribution is 0.0785. The molecule has 0 aliphatic rings. The molecule has 3 aromatic carbocycles. The molecule has 0 fully saturated rings. The number of rotatable bonds is 7. The van der Waals surface area contributed by atoms with Crippen LogP contribution in [-0.2, 0) is 16.6 Å². The highest BCUT2D eigenvalue weighted by Gasteiger charge is 2.16. The molecule has 1 amide bonds. The monoisotopic (exact) mass is 440 g/mol. The summed E-state index contributed by atoms with van der Waals surface area (Å²) in [6.07, 6.45) is 1.93. The van der Waals surface area contributed by atoms with Crippen LogP contribution in [0.2, 0.25) is 0 Å². The highest BCUT2D eigenvalue weighted by atomic mass is 32.2. The average Bonchev–Trinajstić information content (AvgIpc) is 2.75. The summed E-state index contributed by atoms with van der Waals surface area (Å²) >= 11 is 1.55. The first-order chi connectivity index (χ1) is 14.3. The Kier molecular flexibility index (Phi) is 6.84. The van der Waals surface area contributed by atoms with E-state index < -0.39 is 10.0 Å². The highest BCUT2D eigenvalue weighted by Crippen LogP contribution is 2.21. The van der Waals surface area contributed by atoms with E-state index in [-0.39, 0.29) is 10.8 Å². The van der Waals surface area contributed by atoms with Crippen LogP contribution in [0.15, 0.2) is 82.6 Å². The second-order valence-corrected chi connectivity index (χ2v) is 9.57. The van der Waals surface area contributed by atoms with Gasteiger partial charge in [0.25, 0.3) is 15.9 Å². The Balaban J connectivity index is 1.67. The number of anilines is 1. The number of amides is 1. The van der Waals surface area contributed by atoms with Crippen LogP contribution < -0.4 is 4.72 Å². The van der Waals surface area contributed by atoms with Crippen LogP contribution in [0.1, 0.15) is 21.5 Å². The maximum atomic E-state index is 12.7. The predicted octanol–water partition coefficient (Wildman–Crippen LogP) is 4.79. The summed E-state index contributed by atoms with van der Waals surface area (Å²) < 4.78 is 27.7. The van der Waals surface area contributed by atoms with Crippen LogP contribution in [0.5, 0.6) is 0 Å². The van der Waals surface area contributed by atoms with Gasteiger partial charge in [-0.25, -0.2) is 8.42 Å². The van der Waals surface area contributed by atoms with Gasteiger partial charge >= 0.3 is 0 Å². The van der Waals surface area contributed by atoms with Gasteiger partial charge in [-0.05, 0) is 67.3 Å². The third kappa shape index (κ3) is 5.43. The van der Waals surface area contributed by atoms with Gasteiger partial charge in [0, 0.05) is 29.7 Å². The molecule has 0 heterocycles. The van der Waals surface area contributed by atoms with Crippen LogP contribution in [0, 0.1) is 6.92 Å². The molecule has 0 saturated heterocycles. The molecule has 0 spiro atoms. The van der Waals surface area contributed by atoms with Crippen molar-refractivity contribution < 1.29 is 13.2 Å². The maximum absolute atomic E-state index is 12.7. The third-order valence-electron chi connectivity index (χ3n) is 4.64. The van der Waals surface area contributed by atoms with Gasteiger partial charge in [-0.15, -0.1) is 11.8 Å². The van der Waals surface area contributed by atoms with Gasteiger partial charge in [0.1, 0.15) is 0 Å². The maximum Gasteiger partial charge on any atom is 0.261 e. The lowest BCUT2D eigenvalue weighted by atomic mass is 10.1. The summed E-state index contributed by atoms with van der Waals surface area (Å²) in [6.45, 7) is 2.52. The molecule has 3 aromatic rings. The van der Waals surface area contributed by atoms with Crippen molar-refractivity contribution in [2.45, 2.75) is 23.3 Å². The second-order valence-electron chi connectivity index (χ2n) is 7.01. The number of hydrogen-bond donors (Lipinski definition) is 1. The lowest BCUT2D eigenvalue weighted by Crippen LogP contribution is -2.26. The van der Waals surface area contributed by atoms with Crippen LogP contribution >= 0.6 is 11.8 Å². The molecule has 0 radical (unpaired) electrons. The van der Waals surface area contributed by atoms with E-state index in [0.717, 1.165) is 10.5 Å². The molecule has 0 bridgehead atoms. The molecule has 0 aliphatic carbocycles. The van der Waals surface area contributed by atoms with Crippen molar-refractivity contribution in [1.82, 2.24) is 4.90 Å². The zero-order chi connectivity index (χ0) is 21.7. The Morgan fingerprint density at radius 1 is 0.933 bits per heavy atom. The number of carbonyl (C=O) groups is 1. The summed E-state index contributed by atoms with van der Waals surface area (Å²) in [5.41, 5.74) is 3.12. The normalized spacial score (nSPS) is 11.2. The van der Waals surface area contributed by atoms with Crippen molar-refractivity contribution in [3.63, 3.8) is 0 Å². The molecule has 3 rings (SSSR count). The number of nitrogens with one attached hydrogen (secondary N) is 1. The molecule has 1 N–H and O–H groups in total. The lowest BCUT2D eigenvalue weighted by Gasteiger charge is -2.18. The van der Waals surface area contributed by atoms with Crippen molar-refractivity contribution >= 4 is 33.4 Å². The van der Waals surface area contributed by atoms with Crippen LogP contribution in [-0.4, -0.2) is 32.5 Å². The number of aryl methyl sites for hydroxylation is 1. The molecule has 30 heavy (non-hydrogen) atoms. The SMILES string of the molecule is CSc1ccc(S(=O)(=O)Nc2ccc(C(=O)N(C)Cc3ccc(C)cc3)cc2)cc1. The number of nitrogens with zero attached hydrogens (tertiary/aromatic N) is 1. The van der Waals surface area contributed by atoms with Gasteiger partial charge in [0.2, 0.25) is 0 Å². The molecular formula is C23H24N2O3S2. The standard InChI is InChI=1S/C23H24N2O3S2/c1-17-4-6-18(7-5-17)16-25(2)23(26)19-8-10-20(11-9-19)24-30(27,28)22-14-12-21(29-3)13-15-22/h4-15,24H,16H2,1-3H3. The van der Waals surface area contributed by atoms with E-state index in [1.807, 2.05) is 37.4 Å². The van der Waals surface area contributed by atoms with Crippen molar-refractivity contribution in [2.75, 3.05) is 18.0 Å². The van der Waals surface area contributed by atoms with E-state index in [0.29, 0.717) is 17.8 Å². The Labute approximate surface area is 182 Å². The van der Waals surface area contributed by atoms with E-state index in [2.05, 4.69) is 4.72 Å². The first-order valence-corrected chi connectivity index (χ1v) is 12.1. The first kappa shape index (κ1) is 21.9. The molecular weight excluding hydrogens is 416 g/mol. The minimum Gasteiger partial charge on any atom is -0.337 e. The summed E-state index contributed by atoms with van der Waals surface area (Å²) in [5, 5.41) is 0. The average molecular weight is 441 g/mol. The fourth-order valence-corrected chi connectivity index (χ4v) is 4.38. The molecule has 7 heteroatoms. The van der Waals surface area contributed by atoms with E-state index in [9.17, 15) is 13.2 Å². The largest absolute Gasteiger partial charge is 0.337 e. The predicted molar refractivity (Wildman–Crippen MR) is 122 cm³/mol. The molecule has 0 saturated carbocycles. The molecule has 156 valence electrons. The number of thioether (sulfide) groups is 1. The van der Waals surface area contributed by atoms with Crippen LogP contribution in [0.4, 0.5) is 5.69 Å². The Bertz CT molecular complexity index is 1110. The van der Waals surface area contributed by atoms with Crippen LogP contribution in [0.3, 0.4) is 0 Å². The Hall–Kier alpha value is -2.77. The van der Waals surface area contributed by atoms with Crippen molar-refractivity contribution in [3.05, 3.63) is 89.5 Å². The van der Waals surface area contributed by atoms with Crippen molar-refractivity contribution in [1.29, 1.82) is 0 Å². The Morgan fingerprint density at radius 3 is 2.10 bits per heavy atom. The van der Waals surface area contributed by atoms with Crippen LogP contribution in [0.25, 0.3) is 0 Å². The van der Waals surface area contributed by atoms with E-state index in [4.69, 9.17) is 0 Å². The Morgan fingerprint density at radius 2 is 1.53 bits per heavy atom. The minimum absolute atomic E-state index is 0.127. The smallest absolute Gasteiger partial charge is 0.261 e. The van der Waals surface area contributed by atoms with Gasteiger partial charge in [-0.2, -0.15) is 0 Å². The zero-order valence-electron chi connectivity index (χ0n) is 17.1. The summed E-state index contributed by atoms with van der Waals surface area (Å²) in [5.74, 6) is -0.127.